The Bertz CT molecular complexity index is 470. The van der Waals surface area contributed by atoms with Crippen LogP contribution in [0.3, 0.4) is 0 Å². The topological polar surface area (TPSA) is 37.3 Å². The highest BCUT2D eigenvalue weighted by atomic mass is 19.1. The van der Waals surface area contributed by atoms with Gasteiger partial charge in [-0.3, -0.25) is 4.79 Å². The van der Waals surface area contributed by atoms with Crippen molar-refractivity contribution < 1.29 is 14.3 Å². The molecule has 0 atom stereocenters. The molecule has 0 amide bonds. The number of fused-ring (bicyclic) bond motifs is 3. The highest BCUT2D eigenvalue weighted by Gasteiger charge is 2.53. The smallest absolute Gasteiger partial charge is 0.309 e. The lowest BCUT2D eigenvalue weighted by Gasteiger charge is -2.51. The molecule has 3 aliphatic rings. The van der Waals surface area contributed by atoms with Crippen LogP contribution in [0, 0.1) is 11.2 Å². The first-order chi connectivity index (χ1) is 8.58. The molecule has 3 fully saturated rings. The van der Waals surface area contributed by atoms with E-state index in [2.05, 4.69) is 0 Å². The SMILES string of the molecule is O=C(O)C12CCC(c3ccccc3F)(CC1)CC2. The molecule has 2 bridgehead atoms. The molecule has 1 aromatic carbocycles. The van der Waals surface area contributed by atoms with Crippen molar-refractivity contribution in [3.05, 3.63) is 35.6 Å². The van der Waals surface area contributed by atoms with Crippen LogP contribution in [0.25, 0.3) is 0 Å². The summed E-state index contributed by atoms with van der Waals surface area (Å²) >= 11 is 0. The van der Waals surface area contributed by atoms with Gasteiger partial charge in [-0.1, -0.05) is 18.2 Å². The molecule has 1 aromatic rings. The molecule has 4 rings (SSSR count). The molecule has 0 heterocycles. The third-order valence-corrected chi connectivity index (χ3v) is 5.15. The average molecular weight is 248 g/mol. The zero-order valence-electron chi connectivity index (χ0n) is 10.3. The van der Waals surface area contributed by atoms with Crippen molar-refractivity contribution in [1.82, 2.24) is 0 Å². The molecule has 3 heteroatoms. The molecule has 0 aromatic heterocycles. The second kappa shape index (κ2) is 3.81. The van der Waals surface area contributed by atoms with E-state index >= 15 is 0 Å². The van der Waals surface area contributed by atoms with Gasteiger partial charge in [0.2, 0.25) is 0 Å². The zero-order valence-corrected chi connectivity index (χ0v) is 10.3. The van der Waals surface area contributed by atoms with Crippen molar-refractivity contribution in [2.45, 2.75) is 43.9 Å². The standard InChI is InChI=1S/C15H17FO2/c16-12-4-2-1-3-11(12)14-5-8-15(9-6-14,10-7-14)13(17)18/h1-4H,5-10H2,(H,17,18). The van der Waals surface area contributed by atoms with E-state index in [0.29, 0.717) is 19.3 Å². The van der Waals surface area contributed by atoms with E-state index in [0.717, 1.165) is 24.8 Å². The second-order valence-corrected chi connectivity index (χ2v) is 5.85. The molecule has 0 radical (unpaired) electrons. The van der Waals surface area contributed by atoms with Gasteiger partial charge < -0.3 is 5.11 Å². The zero-order chi connectivity index (χ0) is 12.8. The fourth-order valence-corrected chi connectivity index (χ4v) is 3.80. The van der Waals surface area contributed by atoms with Crippen molar-refractivity contribution in [1.29, 1.82) is 0 Å². The van der Waals surface area contributed by atoms with E-state index in [1.807, 2.05) is 12.1 Å². The molecule has 3 aliphatic carbocycles. The lowest BCUT2D eigenvalue weighted by Crippen LogP contribution is -2.48. The van der Waals surface area contributed by atoms with E-state index < -0.39 is 11.4 Å². The van der Waals surface area contributed by atoms with Crippen LogP contribution in [-0.4, -0.2) is 11.1 Å². The van der Waals surface area contributed by atoms with E-state index in [9.17, 15) is 14.3 Å². The van der Waals surface area contributed by atoms with E-state index in [1.165, 1.54) is 6.07 Å². The normalized spacial score (nSPS) is 34.5. The first kappa shape index (κ1) is 11.7. The minimum atomic E-state index is -0.663. The van der Waals surface area contributed by atoms with Gasteiger partial charge in [0.05, 0.1) is 5.41 Å². The average Bonchev–Trinajstić information content (AvgIpc) is 2.41. The minimum Gasteiger partial charge on any atom is -0.481 e. The molecule has 96 valence electrons. The van der Waals surface area contributed by atoms with E-state index in [1.54, 1.807) is 6.07 Å². The number of rotatable bonds is 2. The van der Waals surface area contributed by atoms with Crippen LogP contribution in [0.1, 0.15) is 44.1 Å². The summed E-state index contributed by atoms with van der Waals surface area (Å²) < 4.78 is 14.0. The van der Waals surface area contributed by atoms with Gasteiger partial charge in [0.25, 0.3) is 0 Å². The van der Waals surface area contributed by atoms with Crippen molar-refractivity contribution in [2.24, 2.45) is 5.41 Å². The molecular weight excluding hydrogens is 231 g/mol. The van der Waals surface area contributed by atoms with Crippen LogP contribution in [0.4, 0.5) is 4.39 Å². The molecule has 2 nitrogen and oxygen atoms in total. The number of aliphatic carboxylic acids is 1. The molecule has 18 heavy (non-hydrogen) atoms. The molecule has 0 saturated heterocycles. The highest BCUT2D eigenvalue weighted by Crippen LogP contribution is 2.58. The highest BCUT2D eigenvalue weighted by molar-refractivity contribution is 5.75. The first-order valence-corrected chi connectivity index (χ1v) is 6.57. The Hall–Kier alpha value is -1.38. The Morgan fingerprint density at radius 3 is 2.11 bits per heavy atom. The van der Waals surface area contributed by atoms with Gasteiger partial charge in [-0.25, -0.2) is 4.39 Å². The van der Waals surface area contributed by atoms with Crippen molar-refractivity contribution in [3.63, 3.8) is 0 Å². The number of hydrogen-bond donors (Lipinski definition) is 1. The van der Waals surface area contributed by atoms with Gasteiger partial charge in [0.1, 0.15) is 5.82 Å². The second-order valence-electron chi connectivity index (χ2n) is 5.85. The van der Waals surface area contributed by atoms with E-state index in [4.69, 9.17) is 0 Å². The predicted octanol–water partition coefficient (Wildman–Crippen LogP) is 3.50. The molecule has 0 unspecified atom stereocenters. The summed E-state index contributed by atoms with van der Waals surface area (Å²) in [5.74, 6) is -0.799. The summed E-state index contributed by atoms with van der Waals surface area (Å²) in [5, 5.41) is 9.35. The summed E-state index contributed by atoms with van der Waals surface area (Å²) in [6, 6.07) is 6.97. The predicted molar refractivity (Wildman–Crippen MR) is 65.8 cm³/mol. The van der Waals surface area contributed by atoms with Crippen LogP contribution < -0.4 is 0 Å². The van der Waals surface area contributed by atoms with Crippen molar-refractivity contribution >= 4 is 5.97 Å². The molecule has 3 saturated carbocycles. The van der Waals surface area contributed by atoms with Crippen LogP contribution in [0.2, 0.25) is 0 Å². The number of carboxylic acid groups (broad SMARTS) is 1. The Kier molecular flexibility index (Phi) is 2.47. The Labute approximate surface area is 106 Å². The van der Waals surface area contributed by atoms with Crippen LogP contribution in [0.15, 0.2) is 24.3 Å². The van der Waals surface area contributed by atoms with Crippen LogP contribution >= 0.6 is 0 Å². The number of benzene rings is 1. The summed E-state index contributed by atoms with van der Waals surface area (Å²) in [7, 11) is 0. The van der Waals surface area contributed by atoms with Gasteiger partial charge >= 0.3 is 5.97 Å². The van der Waals surface area contributed by atoms with Gasteiger partial charge in [0, 0.05) is 0 Å². The van der Waals surface area contributed by atoms with E-state index in [-0.39, 0.29) is 11.2 Å². The van der Waals surface area contributed by atoms with Gasteiger partial charge in [-0.15, -0.1) is 0 Å². The summed E-state index contributed by atoms with van der Waals surface area (Å²) in [6.45, 7) is 0. The molecular formula is C15H17FO2. The number of carboxylic acids is 1. The quantitative estimate of drug-likeness (QED) is 0.869. The monoisotopic (exact) mass is 248 g/mol. The Balaban J connectivity index is 1.94. The molecule has 1 N–H and O–H groups in total. The fraction of sp³-hybridized carbons (Fsp3) is 0.533. The number of hydrogen-bond acceptors (Lipinski definition) is 1. The largest absolute Gasteiger partial charge is 0.481 e. The van der Waals surface area contributed by atoms with Gasteiger partial charge in [0.15, 0.2) is 0 Å². The van der Waals surface area contributed by atoms with Crippen molar-refractivity contribution in [3.8, 4) is 0 Å². The number of halogens is 1. The maximum Gasteiger partial charge on any atom is 0.309 e. The lowest BCUT2D eigenvalue weighted by molar-refractivity contribution is -0.156. The van der Waals surface area contributed by atoms with Gasteiger partial charge in [-0.2, -0.15) is 0 Å². The maximum atomic E-state index is 14.0. The number of carbonyl (C=O) groups is 1. The van der Waals surface area contributed by atoms with Crippen LogP contribution in [0.5, 0.6) is 0 Å². The summed E-state index contributed by atoms with van der Waals surface area (Å²) in [6.07, 6.45) is 4.49. The molecule has 0 spiro atoms. The Morgan fingerprint density at radius 1 is 1.06 bits per heavy atom. The Morgan fingerprint density at radius 2 is 1.61 bits per heavy atom. The maximum absolute atomic E-state index is 14.0. The molecule has 0 aliphatic heterocycles. The fourth-order valence-electron chi connectivity index (χ4n) is 3.80. The first-order valence-electron chi connectivity index (χ1n) is 6.57. The minimum absolute atomic E-state index is 0.109. The lowest BCUT2D eigenvalue weighted by atomic mass is 9.52. The summed E-state index contributed by atoms with van der Waals surface area (Å²) in [5.41, 5.74) is 0.166. The third kappa shape index (κ3) is 1.49. The van der Waals surface area contributed by atoms with Gasteiger partial charge in [-0.05, 0) is 55.6 Å². The third-order valence-electron chi connectivity index (χ3n) is 5.15. The van der Waals surface area contributed by atoms with Crippen LogP contribution in [-0.2, 0) is 10.2 Å². The van der Waals surface area contributed by atoms with Crippen molar-refractivity contribution in [2.75, 3.05) is 0 Å². The summed E-state index contributed by atoms with van der Waals surface area (Å²) in [4.78, 5) is 11.4.